The number of benzene rings is 2. The minimum absolute atomic E-state index is 0.0216. The first-order valence-electron chi connectivity index (χ1n) is 10.6. The van der Waals surface area contributed by atoms with E-state index in [9.17, 15) is 14.3 Å². The second-order valence-corrected chi connectivity index (χ2v) is 8.33. The van der Waals surface area contributed by atoms with E-state index in [-0.39, 0.29) is 11.7 Å². The van der Waals surface area contributed by atoms with E-state index in [1.165, 1.54) is 36.1 Å². The highest BCUT2D eigenvalue weighted by Gasteiger charge is 2.34. The van der Waals surface area contributed by atoms with Gasteiger partial charge in [-0.2, -0.15) is 0 Å². The summed E-state index contributed by atoms with van der Waals surface area (Å²) in [5.41, 5.74) is 3.12. The van der Waals surface area contributed by atoms with Crippen LogP contribution in [0, 0.1) is 5.82 Å². The van der Waals surface area contributed by atoms with Crippen LogP contribution in [-0.2, 0) is 18.4 Å². The highest BCUT2D eigenvalue weighted by Crippen LogP contribution is 2.32. The lowest BCUT2D eigenvalue weighted by Crippen LogP contribution is -2.45. The fraction of sp³-hybridized carbons (Fsp3) is 0.458. The Balaban J connectivity index is 1.25. The van der Waals surface area contributed by atoms with Gasteiger partial charge < -0.3 is 15.3 Å². The quantitative estimate of drug-likeness (QED) is 0.814. The van der Waals surface area contributed by atoms with Gasteiger partial charge in [-0.15, -0.1) is 0 Å². The molecule has 0 radical (unpaired) electrons. The van der Waals surface area contributed by atoms with E-state index < -0.39 is 5.60 Å². The van der Waals surface area contributed by atoms with Gasteiger partial charge in [0.1, 0.15) is 5.82 Å². The van der Waals surface area contributed by atoms with Crippen molar-refractivity contribution in [1.82, 2.24) is 10.2 Å². The zero-order valence-corrected chi connectivity index (χ0v) is 16.8. The molecule has 4 nitrogen and oxygen atoms in total. The van der Waals surface area contributed by atoms with Gasteiger partial charge in [-0.3, -0.25) is 4.79 Å². The Morgan fingerprint density at radius 1 is 1.07 bits per heavy atom. The molecule has 0 aromatic heterocycles. The molecule has 1 amide bonds. The molecule has 2 aromatic carbocycles. The number of likely N-dealkylation sites (tertiary alicyclic amines) is 1. The Bertz CT molecular complexity index is 875. The lowest BCUT2D eigenvalue weighted by atomic mass is 9.84. The molecule has 29 heavy (non-hydrogen) atoms. The van der Waals surface area contributed by atoms with Crippen LogP contribution in [0.25, 0.3) is 0 Å². The smallest absolute Gasteiger partial charge is 0.251 e. The Morgan fingerprint density at radius 3 is 2.59 bits per heavy atom. The van der Waals surface area contributed by atoms with E-state index in [0.717, 1.165) is 38.0 Å². The number of halogens is 1. The Kier molecular flexibility index (Phi) is 5.97. The van der Waals surface area contributed by atoms with Crippen molar-refractivity contribution in [3.8, 4) is 0 Å². The van der Waals surface area contributed by atoms with Crippen molar-refractivity contribution in [1.29, 1.82) is 0 Å². The van der Waals surface area contributed by atoms with E-state index in [1.54, 1.807) is 12.1 Å². The van der Waals surface area contributed by atoms with Gasteiger partial charge in [0, 0.05) is 31.7 Å². The van der Waals surface area contributed by atoms with E-state index in [0.29, 0.717) is 24.9 Å². The number of piperidine rings is 1. The van der Waals surface area contributed by atoms with E-state index in [1.807, 2.05) is 12.1 Å². The summed E-state index contributed by atoms with van der Waals surface area (Å²) in [7, 11) is 0. The van der Waals surface area contributed by atoms with Crippen LogP contribution in [0.2, 0.25) is 0 Å². The first-order valence-corrected chi connectivity index (χ1v) is 10.6. The number of carbonyl (C=O) groups excluding carboxylic acids is 1. The molecule has 0 atom stereocenters. The highest BCUT2D eigenvalue weighted by molar-refractivity contribution is 5.94. The van der Waals surface area contributed by atoms with Crippen molar-refractivity contribution in [3.05, 3.63) is 70.5 Å². The summed E-state index contributed by atoms with van der Waals surface area (Å²) in [6, 6.07) is 12.3. The Hall–Kier alpha value is -2.24. The molecule has 1 heterocycles. The lowest BCUT2D eigenvalue weighted by Gasteiger charge is -2.38. The van der Waals surface area contributed by atoms with Gasteiger partial charge in [0.15, 0.2) is 0 Å². The maximum absolute atomic E-state index is 13.5. The second-order valence-electron chi connectivity index (χ2n) is 8.33. The van der Waals surface area contributed by atoms with Gasteiger partial charge >= 0.3 is 0 Å². The second kappa shape index (κ2) is 8.64. The number of aliphatic hydroxyl groups is 1. The number of aryl methyl sites for hydroxylation is 2. The van der Waals surface area contributed by atoms with Crippen LogP contribution in [0.1, 0.15) is 52.7 Å². The number of fused-ring (bicyclic) bond motifs is 1. The average Bonchev–Trinajstić information content (AvgIpc) is 2.75. The maximum Gasteiger partial charge on any atom is 0.251 e. The number of amides is 1. The molecule has 0 spiro atoms. The third-order valence-electron chi connectivity index (χ3n) is 6.37. The molecule has 5 heteroatoms. The van der Waals surface area contributed by atoms with E-state index in [2.05, 4.69) is 16.3 Å². The number of nitrogens with one attached hydrogen (secondary N) is 1. The molecule has 1 aliphatic heterocycles. The minimum atomic E-state index is -0.967. The highest BCUT2D eigenvalue weighted by atomic mass is 19.1. The van der Waals surface area contributed by atoms with Crippen LogP contribution in [0.4, 0.5) is 4.39 Å². The largest absolute Gasteiger partial charge is 0.385 e. The zero-order chi connectivity index (χ0) is 20.3. The summed E-state index contributed by atoms with van der Waals surface area (Å²) in [5, 5.41) is 13.9. The Labute approximate surface area is 171 Å². The lowest BCUT2D eigenvalue weighted by molar-refractivity contribution is -0.0257. The summed E-state index contributed by atoms with van der Waals surface area (Å²) in [4.78, 5) is 14.7. The fourth-order valence-electron chi connectivity index (χ4n) is 4.52. The van der Waals surface area contributed by atoms with Crippen molar-refractivity contribution >= 4 is 5.91 Å². The molecule has 0 bridgehead atoms. The van der Waals surface area contributed by atoms with Gasteiger partial charge in [-0.1, -0.05) is 18.2 Å². The number of carbonyl (C=O) groups is 1. The fourth-order valence-corrected chi connectivity index (χ4v) is 4.52. The van der Waals surface area contributed by atoms with Gasteiger partial charge in [-0.05, 0) is 79.5 Å². The van der Waals surface area contributed by atoms with Crippen LogP contribution in [-0.4, -0.2) is 42.1 Å². The molecule has 2 aliphatic rings. The van der Waals surface area contributed by atoms with Crippen molar-refractivity contribution in [2.75, 3.05) is 26.2 Å². The molecule has 154 valence electrons. The molecular formula is C24H29FN2O2. The number of hydrogen-bond acceptors (Lipinski definition) is 3. The Morgan fingerprint density at radius 2 is 1.83 bits per heavy atom. The molecule has 2 aromatic rings. The van der Waals surface area contributed by atoms with Gasteiger partial charge in [-0.25, -0.2) is 4.39 Å². The molecule has 2 N–H and O–H groups in total. The molecule has 4 rings (SSSR count). The van der Waals surface area contributed by atoms with Crippen LogP contribution >= 0.6 is 0 Å². The normalized spacial score (nSPS) is 18.8. The number of hydrogen-bond donors (Lipinski definition) is 2. The van der Waals surface area contributed by atoms with Gasteiger partial charge in [0.25, 0.3) is 5.91 Å². The minimum Gasteiger partial charge on any atom is -0.385 e. The standard InChI is InChI=1S/C24H29FN2O2/c25-22-7-3-6-21(17-22)24(29)10-13-27(14-11-24)15-12-26-23(28)20-9-8-18-4-1-2-5-19(18)16-20/h3,6-9,16-17,29H,1-2,4-5,10-15H2,(H,26,28). The number of rotatable bonds is 5. The van der Waals surface area contributed by atoms with Crippen molar-refractivity contribution in [2.45, 2.75) is 44.1 Å². The third kappa shape index (κ3) is 4.68. The summed E-state index contributed by atoms with van der Waals surface area (Å²) >= 11 is 0. The topological polar surface area (TPSA) is 52.6 Å². The zero-order valence-electron chi connectivity index (χ0n) is 16.8. The predicted molar refractivity (Wildman–Crippen MR) is 111 cm³/mol. The third-order valence-corrected chi connectivity index (χ3v) is 6.37. The molecule has 1 aliphatic carbocycles. The SMILES string of the molecule is O=C(NCCN1CCC(O)(c2cccc(F)c2)CC1)c1ccc2c(c1)CCCC2. The van der Waals surface area contributed by atoms with Crippen molar-refractivity contribution in [3.63, 3.8) is 0 Å². The molecule has 1 fully saturated rings. The molecular weight excluding hydrogens is 367 g/mol. The van der Waals surface area contributed by atoms with Crippen LogP contribution < -0.4 is 5.32 Å². The van der Waals surface area contributed by atoms with Crippen LogP contribution in [0.15, 0.2) is 42.5 Å². The predicted octanol–water partition coefficient (Wildman–Crippen LogP) is 3.42. The average molecular weight is 397 g/mol. The first-order chi connectivity index (χ1) is 14.0. The maximum atomic E-state index is 13.5. The van der Waals surface area contributed by atoms with Gasteiger partial charge in [0.2, 0.25) is 0 Å². The van der Waals surface area contributed by atoms with Crippen LogP contribution in [0.5, 0.6) is 0 Å². The summed E-state index contributed by atoms with van der Waals surface area (Å²) in [6.07, 6.45) is 5.76. The van der Waals surface area contributed by atoms with E-state index in [4.69, 9.17) is 0 Å². The summed E-state index contributed by atoms with van der Waals surface area (Å²) < 4.78 is 13.5. The first kappa shape index (κ1) is 20.0. The van der Waals surface area contributed by atoms with Crippen LogP contribution in [0.3, 0.4) is 0 Å². The summed E-state index contributed by atoms with van der Waals surface area (Å²) in [6.45, 7) is 2.77. The number of nitrogens with zero attached hydrogens (tertiary/aromatic N) is 1. The molecule has 0 saturated carbocycles. The molecule has 1 saturated heterocycles. The summed E-state index contributed by atoms with van der Waals surface area (Å²) in [5.74, 6) is -0.338. The molecule has 0 unspecified atom stereocenters. The van der Waals surface area contributed by atoms with Crippen molar-refractivity contribution < 1.29 is 14.3 Å². The monoisotopic (exact) mass is 396 g/mol. The van der Waals surface area contributed by atoms with E-state index >= 15 is 0 Å². The van der Waals surface area contributed by atoms with Gasteiger partial charge in [0.05, 0.1) is 5.60 Å². The van der Waals surface area contributed by atoms with Crippen molar-refractivity contribution in [2.24, 2.45) is 0 Å².